The molecule has 0 radical (unpaired) electrons. The van der Waals surface area contributed by atoms with Crippen molar-refractivity contribution < 1.29 is 19.7 Å². The fourth-order valence-electron chi connectivity index (χ4n) is 1.64. The number of H-pyrrole nitrogens is 1. The first kappa shape index (κ1) is 11.1. The van der Waals surface area contributed by atoms with Crippen molar-refractivity contribution in [2.75, 3.05) is 7.11 Å². The Morgan fingerprint density at radius 1 is 1.41 bits per heavy atom. The molecule has 3 N–H and O–H groups in total. The molecule has 5 nitrogen and oxygen atoms in total. The van der Waals surface area contributed by atoms with Crippen LogP contribution in [0.4, 0.5) is 0 Å². The van der Waals surface area contributed by atoms with Gasteiger partial charge in [-0.05, 0) is 12.1 Å². The number of nitrogens with one attached hydrogen (secondary N) is 1. The van der Waals surface area contributed by atoms with Gasteiger partial charge in [-0.1, -0.05) is 12.1 Å². The average Bonchev–Trinajstić information content (AvgIpc) is 2.71. The lowest BCUT2D eigenvalue weighted by Gasteiger charge is -2.04. The molecule has 0 aliphatic rings. The van der Waals surface area contributed by atoms with Gasteiger partial charge in [-0.3, -0.25) is 0 Å². The van der Waals surface area contributed by atoms with Crippen molar-refractivity contribution in [1.29, 1.82) is 0 Å². The molecule has 0 spiro atoms. The number of methoxy groups -OCH3 is 1. The van der Waals surface area contributed by atoms with Crippen LogP contribution < -0.4 is 4.74 Å². The SMILES string of the molecule is COc1cccc(-c2[nH]cc(O)c2C(=O)O)c1. The van der Waals surface area contributed by atoms with Crippen molar-refractivity contribution in [2.24, 2.45) is 0 Å². The molecule has 0 saturated carbocycles. The van der Waals surface area contributed by atoms with Crippen molar-refractivity contribution >= 4 is 5.97 Å². The number of aromatic carboxylic acids is 1. The maximum Gasteiger partial charge on any atom is 0.341 e. The number of aromatic amines is 1. The minimum Gasteiger partial charge on any atom is -0.505 e. The number of rotatable bonds is 3. The molecule has 0 aliphatic heterocycles. The normalized spacial score (nSPS) is 10.2. The lowest BCUT2D eigenvalue weighted by molar-refractivity contribution is 0.0695. The lowest BCUT2D eigenvalue weighted by Crippen LogP contribution is -1.97. The van der Waals surface area contributed by atoms with E-state index in [1.54, 1.807) is 24.3 Å². The van der Waals surface area contributed by atoms with Gasteiger partial charge >= 0.3 is 5.97 Å². The summed E-state index contributed by atoms with van der Waals surface area (Å²) in [6.45, 7) is 0. The van der Waals surface area contributed by atoms with Crippen LogP contribution in [0.1, 0.15) is 10.4 Å². The van der Waals surface area contributed by atoms with Gasteiger partial charge in [0, 0.05) is 11.8 Å². The van der Waals surface area contributed by atoms with Crippen LogP contribution in [0.5, 0.6) is 11.5 Å². The van der Waals surface area contributed by atoms with Gasteiger partial charge in [-0.15, -0.1) is 0 Å². The van der Waals surface area contributed by atoms with Crippen LogP contribution in [-0.4, -0.2) is 28.3 Å². The highest BCUT2D eigenvalue weighted by molar-refractivity contribution is 5.98. The second kappa shape index (κ2) is 4.21. The standard InChI is InChI=1S/C12H11NO4/c1-17-8-4-2-3-7(5-8)11-10(12(15)16)9(14)6-13-11/h2-6,13-14H,1H3,(H,15,16). The molecule has 2 aromatic rings. The van der Waals surface area contributed by atoms with Gasteiger partial charge in [0.15, 0.2) is 0 Å². The van der Waals surface area contributed by atoms with E-state index in [2.05, 4.69) is 4.98 Å². The number of carboxylic acid groups (broad SMARTS) is 1. The maximum absolute atomic E-state index is 11.0. The van der Waals surface area contributed by atoms with E-state index in [1.165, 1.54) is 13.3 Å². The lowest BCUT2D eigenvalue weighted by atomic mass is 10.1. The van der Waals surface area contributed by atoms with Gasteiger partial charge in [0.05, 0.1) is 12.8 Å². The van der Waals surface area contributed by atoms with Gasteiger partial charge in [0.2, 0.25) is 0 Å². The Kier molecular flexibility index (Phi) is 2.74. The van der Waals surface area contributed by atoms with Crippen LogP contribution in [-0.2, 0) is 0 Å². The maximum atomic E-state index is 11.0. The summed E-state index contributed by atoms with van der Waals surface area (Å²) in [7, 11) is 1.53. The molecule has 17 heavy (non-hydrogen) atoms. The summed E-state index contributed by atoms with van der Waals surface area (Å²) in [5.41, 5.74) is 0.856. The van der Waals surface area contributed by atoms with E-state index in [-0.39, 0.29) is 11.3 Å². The number of aromatic hydroxyl groups is 1. The molecular weight excluding hydrogens is 222 g/mol. The minimum absolute atomic E-state index is 0.141. The summed E-state index contributed by atoms with van der Waals surface area (Å²) >= 11 is 0. The molecule has 0 bridgehead atoms. The predicted molar refractivity (Wildman–Crippen MR) is 61.4 cm³/mol. The van der Waals surface area contributed by atoms with Crippen molar-refractivity contribution in [2.45, 2.75) is 0 Å². The second-order valence-corrected chi connectivity index (χ2v) is 3.46. The molecule has 5 heteroatoms. The van der Waals surface area contributed by atoms with Crippen molar-refractivity contribution in [1.82, 2.24) is 4.98 Å². The zero-order valence-electron chi connectivity index (χ0n) is 9.10. The quantitative estimate of drug-likeness (QED) is 0.758. The molecule has 88 valence electrons. The summed E-state index contributed by atoms with van der Waals surface area (Å²) in [4.78, 5) is 13.8. The number of hydrogen-bond donors (Lipinski definition) is 3. The van der Waals surface area contributed by atoms with Crippen LogP contribution in [0, 0.1) is 0 Å². The zero-order chi connectivity index (χ0) is 12.4. The smallest absolute Gasteiger partial charge is 0.341 e. The number of carboxylic acids is 1. The molecular formula is C12H11NO4. The Hall–Kier alpha value is -2.43. The molecule has 1 aromatic heterocycles. The third kappa shape index (κ3) is 1.94. The minimum atomic E-state index is -1.18. The van der Waals surface area contributed by atoms with E-state index in [4.69, 9.17) is 9.84 Å². The average molecular weight is 233 g/mol. The van der Waals surface area contributed by atoms with Crippen LogP contribution in [0.2, 0.25) is 0 Å². The van der Waals surface area contributed by atoms with E-state index < -0.39 is 5.97 Å². The molecule has 0 unspecified atom stereocenters. The first-order valence-electron chi connectivity index (χ1n) is 4.91. The predicted octanol–water partition coefficient (Wildman–Crippen LogP) is 2.09. The van der Waals surface area contributed by atoms with Crippen LogP contribution >= 0.6 is 0 Å². The Balaban J connectivity index is 2.56. The fraction of sp³-hybridized carbons (Fsp3) is 0.0833. The molecule has 0 atom stereocenters. The number of aromatic nitrogens is 1. The Labute approximate surface area is 97.3 Å². The third-order valence-corrected chi connectivity index (χ3v) is 2.43. The van der Waals surface area contributed by atoms with Gasteiger partial charge in [-0.25, -0.2) is 4.79 Å². The number of carbonyl (C=O) groups is 1. The van der Waals surface area contributed by atoms with Gasteiger partial charge < -0.3 is 19.9 Å². The fourth-order valence-corrected chi connectivity index (χ4v) is 1.64. The molecule has 1 heterocycles. The monoisotopic (exact) mass is 233 g/mol. The van der Waals surface area contributed by atoms with Gasteiger partial charge in [0.1, 0.15) is 17.1 Å². The molecule has 1 aromatic carbocycles. The Bertz CT molecular complexity index is 559. The van der Waals surface area contributed by atoms with E-state index >= 15 is 0 Å². The van der Waals surface area contributed by atoms with Gasteiger partial charge in [-0.2, -0.15) is 0 Å². The summed E-state index contributed by atoms with van der Waals surface area (Å²) in [5.74, 6) is -0.843. The molecule has 0 amide bonds. The summed E-state index contributed by atoms with van der Waals surface area (Å²) in [6.07, 6.45) is 1.25. The Morgan fingerprint density at radius 2 is 2.18 bits per heavy atom. The van der Waals surface area contributed by atoms with E-state index in [0.717, 1.165) is 0 Å². The van der Waals surface area contributed by atoms with Crippen molar-refractivity contribution in [3.8, 4) is 22.8 Å². The highest BCUT2D eigenvalue weighted by atomic mass is 16.5. The van der Waals surface area contributed by atoms with Crippen molar-refractivity contribution in [3.63, 3.8) is 0 Å². The first-order valence-corrected chi connectivity index (χ1v) is 4.91. The summed E-state index contributed by atoms with van der Waals surface area (Å²) in [6, 6.07) is 6.93. The molecule has 0 saturated heterocycles. The first-order chi connectivity index (χ1) is 8.13. The van der Waals surface area contributed by atoms with Crippen LogP contribution in [0.25, 0.3) is 11.3 Å². The largest absolute Gasteiger partial charge is 0.505 e. The number of hydrogen-bond acceptors (Lipinski definition) is 3. The molecule has 0 fully saturated rings. The zero-order valence-corrected chi connectivity index (χ0v) is 9.10. The Morgan fingerprint density at radius 3 is 2.82 bits per heavy atom. The van der Waals surface area contributed by atoms with E-state index in [9.17, 15) is 9.90 Å². The number of benzene rings is 1. The summed E-state index contributed by atoms with van der Waals surface area (Å²) < 4.78 is 5.06. The molecule has 0 aliphatic carbocycles. The highest BCUT2D eigenvalue weighted by Gasteiger charge is 2.18. The topological polar surface area (TPSA) is 82.5 Å². The summed E-state index contributed by atoms with van der Waals surface area (Å²) in [5, 5.41) is 18.5. The van der Waals surface area contributed by atoms with Crippen molar-refractivity contribution in [3.05, 3.63) is 36.0 Å². The van der Waals surface area contributed by atoms with E-state index in [0.29, 0.717) is 17.0 Å². The number of ether oxygens (including phenoxy) is 1. The third-order valence-electron chi connectivity index (χ3n) is 2.43. The van der Waals surface area contributed by atoms with Crippen LogP contribution in [0.15, 0.2) is 30.5 Å². The molecule has 2 rings (SSSR count). The van der Waals surface area contributed by atoms with E-state index in [1.807, 2.05) is 0 Å². The van der Waals surface area contributed by atoms with Gasteiger partial charge in [0.25, 0.3) is 0 Å². The highest BCUT2D eigenvalue weighted by Crippen LogP contribution is 2.31. The second-order valence-electron chi connectivity index (χ2n) is 3.46. The van der Waals surface area contributed by atoms with Crippen LogP contribution in [0.3, 0.4) is 0 Å².